The molecule has 2 saturated carbocycles. The third-order valence-electron chi connectivity index (χ3n) is 4.58. The van der Waals surface area contributed by atoms with Crippen LogP contribution in [0.3, 0.4) is 0 Å². The van der Waals surface area contributed by atoms with Crippen molar-refractivity contribution in [2.24, 2.45) is 5.41 Å². The van der Waals surface area contributed by atoms with E-state index in [0.29, 0.717) is 18.1 Å². The molecule has 0 saturated heterocycles. The summed E-state index contributed by atoms with van der Waals surface area (Å²) >= 11 is 12.3. The van der Waals surface area contributed by atoms with E-state index in [1.807, 2.05) is 24.3 Å². The minimum Gasteiger partial charge on any atom is -0.373 e. The molecule has 2 aliphatic rings. The van der Waals surface area contributed by atoms with Crippen LogP contribution in [0.25, 0.3) is 0 Å². The Labute approximate surface area is 118 Å². The van der Waals surface area contributed by atoms with Gasteiger partial charge in [0.1, 0.15) is 0 Å². The molecule has 0 aliphatic heterocycles. The summed E-state index contributed by atoms with van der Waals surface area (Å²) < 4.78 is 6.08. The molecular weight excluding hydrogens is 267 g/mol. The molecule has 3 heteroatoms. The van der Waals surface area contributed by atoms with Gasteiger partial charge < -0.3 is 4.74 Å². The second kappa shape index (κ2) is 5.03. The maximum absolute atomic E-state index is 6.41. The fraction of sp³-hybridized carbons (Fsp3) is 0.600. The zero-order valence-corrected chi connectivity index (χ0v) is 11.9. The Kier molecular flexibility index (Phi) is 3.57. The summed E-state index contributed by atoms with van der Waals surface area (Å²) in [6.45, 7) is 0.674. The summed E-state index contributed by atoms with van der Waals surface area (Å²) in [5.41, 5.74) is 1.47. The van der Waals surface area contributed by atoms with Crippen LogP contribution in [0.2, 0.25) is 5.02 Å². The van der Waals surface area contributed by atoms with Gasteiger partial charge in [-0.15, -0.1) is 11.6 Å². The van der Waals surface area contributed by atoms with Crippen LogP contribution in [0.1, 0.15) is 37.7 Å². The van der Waals surface area contributed by atoms with Gasteiger partial charge in [-0.1, -0.05) is 36.6 Å². The topological polar surface area (TPSA) is 9.23 Å². The van der Waals surface area contributed by atoms with Gasteiger partial charge in [0.05, 0.1) is 12.7 Å². The van der Waals surface area contributed by atoms with E-state index in [1.165, 1.54) is 31.2 Å². The number of hydrogen-bond donors (Lipinski definition) is 0. The third kappa shape index (κ3) is 2.17. The molecule has 0 aromatic heterocycles. The maximum Gasteiger partial charge on any atom is 0.0720 e. The van der Waals surface area contributed by atoms with E-state index in [1.54, 1.807) is 0 Å². The maximum atomic E-state index is 6.41. The molecule has 18 heavy (non-hydrogen) atoms. The number of halogens is 2. The van der Waals surface area contributed by atoms with Crippen LogP contribution in [0.5, 0.6) is 0 Å². The number of ether oxygens (including phenoxy) is 1. The number of benzene rings is 1. The Hall–Kier alpha value is -0.240. The number of rotatable bonds is 3. The van der Waals surface area contributed by atoms with Gasteiger partial charge in [-0.25, -0.2) is 0 Å². The Bertz CT molecular complexity index is 409. The van der Waals surface area contributed by atoms with E-state index in [0.717, 1.165) is 11.4 Å². The third-order valence-corrected chi connectivity index (χ3v) is 5.45. The summed E-state index contributed by atoms with van der Waals surface area (Å²) in [7, 11) is 0. The van der Waals surface area contributed by atoms with Gasteiger partial charge in [0.2, 0.25) is 0 Å². The van der Waals surface area contributed by atoms with Crippen LogP contribution in [0.15, 0.2) is 24.3 Å². The van der Waals surface area contributed by atoms with E-state index in [-0.39, 0.29) is 5.41 Å². The lowest BCUT2D eigenvalue weighted by Gasteiger charge is -2.51. The van der Waals surface area contributed by atoms with E-state index in [9.17, 15) is 0 Å². The van der Waals surface area contributed by atoms with Crippen molar-refractivity contribution in [2.45, 2.75) is 50.2 Å². The minimum absolute atomic E-state index is 0.286. The first kappa shape index (κ1) is 12.8. The zero-order valence-electron chi connectivity index (χ0n) is 10.4. The molecule has 2 aliphatic carbocycles. The van der Waals surface area contributed by atoms with Crippen LogP contribution >= 0.6 is 23.2 Å². The summed E-state index contributed by atoms with van der Waals surface area (Å²) in [5, 5.41) is 1.10. The van der Waals surface area contributed by atoms with E-state index < -0.39 is 0 Å². The van der Waals surface area contributed by atoms with Crippen molar-refractivity contribution >= 4 is 23.2 Å². The van der Waals surface area contributed by atoms with Gasteiger partial charge in [-0.3, -0.25) is 0 Å². The van der Waals surface area contributed by atoms with Gasteiger partial charge in [0.15, 0.2) is 0 Å². The molecule has 2 atom stereocenters. The molecule has 1 nitrogen and oxygen atoms in total. The molecule has 2 unspecified atom stereocenters. The highest BCUT2D eigenvalue weighted by Crippen LogP contribution is 2.57. The van der Waals surface area contributed by atoms with Gasteiger partial charge in [-0.05, 0) is 37.0 Å². The predicted octanol–water partition coefficient (Wildman–Crippen LogP) is 4.80. The average Bonchev–Trinajstić information content (AvgIpc) is 2.88. The Morgan fingerprint density at radius 3 is 2.44 bits per heavy atom. The van der Waals surface area contributed by atoms with E-state index >= 15 is 0 Å². The lowest BCUT2D eigenvalue weighted by Crippen LogP contribution is -2.54. The van der Waals surface area contributed by atoms with Crippen LogP contribution < -0.4 is 0 Å². The summed E-state index contributed by atoms with van der Waals surface area (Å²) in [5.74, 6) is 0. The van der Waals surface area contributed by atoms with Crippen molar-refractivity contribution in [2.75, 3.05) is 0 Å². The highest BCUT2D eigenvalue weighted by Gasteiger charge is 2.55. The zero-order chi connectivity index (χ0) is 12.6. The van der Waals surface area contributed by atoms with Crippen LogP contribution in [0.4, 0.5) is 0 Å². The van der Waals surface area contributed by atoms with Crippen molar-refractivity contribution in [1.29, 1.82) is 0 Å². The molecule has 0 amide bonds. The Morgan fingerprint density at radius 1 is 1.17 bits per heavy atom. The fourth-order valence-corrected chi connectivity index (χ4v) is 4.03. The van der Waals surface area contributed by atoms with Crippen molar-refractivity contribution in [3.8, 4) is 0 Å². The number of alkyl halides is 1. The van der Waals surface area contributed by atoms with Crippen molar-refractivity contribution in [3.05, 3.63) is 34.9 Å². The molecular formula is C15H18Cl2O. The summed E-state index contributed by atoms with van der Waals surface area (Å²) in [6.07, 6.45) is 6.47. The second-order valence-corrected chi connectivity index (χ2v) is 6.53. The highest BCUT2D eigenvalue weighted by molar-refractivity contribution is 6.30. The normalized spacial score (nSPS) is 29.4. The van der Waals surface area contributed by atoms with Gasteiger partial charge in [0.25, 0.3) is 0 Å². The van der Waals surface area contributed by atoms with Crippen LogP contribution in [-0.4, -0.2) is 11.5 Å². The lowest BCUT2D eigenvalue weighted by atomic mass is 9.64. The minimum atomic E-state index is 0.286. The molecule has 1 aromatic rings. The first-order valence-electron chi connectivity index (χ1n) is 6.71. The monoisotopic (exact) mass is 284 g/mol. The summed E-state index contributed by atoms with van der Waals surface area (Å²) in [6, 6.07) is 7.88. The first-order valence-corrected chi connectivity index (χ1v) is 7.52. The standard InChI is InChI=1S/C15H18Cl2O/c16-12-5-3-11(4-6-12)10-18-14-9-13(17)15(14)7-1-2-8-15/h3-6,13-14H,1-2,7-10H2. The van der Waals surface area contributed by atoms with E-state index in [4.69, 9.17) is 27.9 Å². The lowest BCUT2D eigenvalue weighted by molar-refractivity contribution is -0.112. The molecule has 2 fully saturated rings. The molecule has 0 heterocycles. The van der Waals surface area contributed by atoms with Gasteiger partial charge in [0, 0.05) is 15.8 Å². The molecule has 0 N–H and O–H groups in total. The molecule has 98 valence electrons. The molecule has 3 rings (SSSR count). The quantitative estimate of drug-likeness (QED) is 0.725. The van der Waals surface area contributed by atoms with Gasteiger partial charge in [-0.2, -0.15) is 0 Å². The summed E-state index contributed by atoms with van der Waals surface area (Å²) in [4.78, 5) is 0. The molecule has 0 radical (unpaired) electrons. The smallest absolute Gasteiger partial charge is 0.0720 e. The molecule has 1 spiro atoms. The second-order valence-electron chi connectivity index (χ2n) is 5.57. The van der Waals surface area contributed by atoms with Crippen LogP contribution in [-0.2, 0) is 11.3 Å². The number of hydrogen-bond acceptors (Lipinski definition) is 1. The van der Waals surface area contributed by atoms with E-state index in [2.05, 4.69) is 0 Å². The Morgan fingerprint density at radius 2 is 1.83 bits per heavy atom. The van der Waals surface area contributed by atoms with Crippen molar-refractivity contribution in [3.63, 3.8) is 0 Å². The first-order chi connectivity index (χ1) is 8.71. The van der Waals surface area contributed by atoms with Gasteiger partial charge >= 0.3 is 0 Å². The van der Waals surface area contributed by atoms with Crippen molar-refractivity contribution in [1.82, 2.24) is 0 Å². The molecule has 0 bridgehead atoms. The average molecular weight is 285 g/mol. The highest BCUT2D eigenvalue weighted by atomic mass is 35.5. The molecule has 1 aromatic carbocycles. The Balaban J connectivity index is 1.59. The fourth-order valence-electron chi connectivity index (χ4n) is 3.38. The SMILES string of the molecule is Clc1ccc(COC2CC(Cl)C23CCCC3)cc1. The largest absolute Gasteiger partial charge is 0.373 e. The van der Waals surface area contributed by atoms with Crippen LogP contribution in [0, 0.1) is 5.41 Å². The van der Waals surface area contributed by atoms with Crippen molar-refractivity contribution < 1.29 is 4.74 Å². The predicted molar refractivity (Wildman–Crippen MR) is 75.2 cm³/mol.